The van der Waals surface area contributed by atoms with Crippen LogP contribution in [0.4, 0.5) is 11.5 Å². The summed E-state index contributed by atoms with van der Waals surface area (Å²) in [6, 6.07) is 4.91. The molecule has 2 atom stereocenters. The fraction of sp³-hybridized carbons (Fsp3) is 0.643. The van der Waals surface area contributed by atoms with E-state index in [1.165, 1.54) is 31.5 Å². The van der Waals surface area contributed by atoms with Crippen LogP contribution in [0.2, 0.25) is 0 Å². The van der Waals surface area contributed by atoms with Gasteiger partial charge in [-0.05, 0) is 31.7 Å². The second kappa shape index (κ2) is 5.39. The first kappa shape index (κ1) is 12.2. The Morgan fingerprint density at radius 1 is 1.47 bits per heavy atom. The summed E-state index contributed by atoms with van der Waals surface area (Å²) in [4.78, 5) is 6.81. The molecule has 0 spiro atoms. The Labute approximate surface area is 104 Å². The summed E-state index contributed by atoms with van der Waals surface area (Å²) in [5.41, 5.74) is 1.30. The molecule has 0 saturated carbocycles. The first-order chi connectivity index (χ1) is 8.24. The number of nitrogens with zero attached hydrogens (tertiary/aromatic N) is 2. The zero-order valence-electron chi connectivity index (χ0n) is 11.1. The summed E-state index contributed by atoms with van der Waals surface area (Å²) in [6.45, 7) is 5.81. The molecule has 1 aliphatic heterocycles. The van der Waals surface area contributed by atoms with E-state index in [1.807, 2.05) is 13.2 Å². The number of pyridine rings is 1. The summed E-state index contributed by atoms with van der Waals surface area (Å²) in [6.07, 6.45) is 5.85. The van der Waals surface area contributed by atoms with Gasteiger partial charge in [0.15, 0.2) is 0 Å². The van der Waals surface area contributed by atoms with E-state index in [0.29, 0.717) is 6.04 Å². The van der Waals surface area contributed by atoms with Crippen LogP contribution in [0.1, 0.15) is 33.1 Å². The molecule has 3 heteroatoms. The van der Waals surface area contributed by atoms with Gasteiger partial charge in [-0.3, -0.25) is 0 Å². The lowest BCUT2D eigenvalue weighted by Crippen LogP contribution is -2.41. The van der Waals surface area contributed by atoms with Crippen LogP contribution in [0.15, 0.2) is 18.3 Å². The first-order valence-electron chi connectivity index (χ1n) is 6.65. The van der Waals surface area contributed by atoms with Gasteiger partial charge in [0.05, 0.1) is 0 Å². The average molecular weight is 233 g/mol. The molecule has 1 aromatic heterocycles. The van der Waals surface area contributed by atoms with E-state index < -0.39 is 0 Å². The Kier molecular flexibility index (Phi) is 3.87. The van der Waals surface area contributed by atoms with Crippen LogP contribution in [0.25, 0.3) is 0 Å². The van der Waals surface area contributed by atoms with Gasteiger partial charge in [-0.1, -0.05) is 13.3 Å². The van der Waals surface area contributed by atoms with E-state index in [9.17, 15) is 0 Å². The predicted octanol–water partition coefficient (Wildman–Crippen LogP) is 3.14. The van der Waals surface area contributed by atoms with Crippen molar-refractivity contribution in [3.8, 4) is 0 Å². The first-order valence-corrected chi connectivity index (χ1v) is 6.65. The van der Waals surface area contributed by atoms with Crippen LogP contribution in [0, 0.1) is 5.92 Å². The molecular weight excluding hydrogens is 210 g/mol. The SMILES string of the molecule is CCC1CCC(C)N(c2ccnc(NC)c2)C1. The minimum absolute atomic E-state index is 0.643. The number of aromatic nitrogens is 1. The van der Waals surface area contributed by atoms with Crippen molar-refractivity contribution in [2.75, 3.05) is 23.8 Å². The van der Waals surface area contributed by atoms with Gasteiger partial charge in [-0.25, -0.2) is 4.98 Å². The van der Waals surface area contributed by atoms with Gasteiger partial charge in [0.25, 0.3) is 0 Å². The number of anilines is 2. The maximum atomic E-state index is 4.28. The lowest BCUT2D eigenvalue weighted by atomic mass is 9.91. The third kappa shape index (κ3) is 2.71. The van der Waals surface area contributed by atoms with Crippen LogP contribution in [0.5, 0.6) is 0 Å². The molecule has 2 heterocycles. The molecule has 0 radical (unpaired) electrons. The number of piperidine rings is 1. The number of hydrogen-bond acceptors (Lipinski definition) is 3. The topological polar surface area (TPSA) is 28.2 Å². The van der Waals surface area contributed by atoms with E-state index in [4.69, 9.17) is 0 Å². The van der Waals surface area contributed by atoms with Crippen molar-refractivity contribution in [2.24, 2.45) is 5.92 Å². The minimum Gasteiger partial charge on any atom is -0.373 e. The van der Waals surface area contributed by atoms with Crippen LogP contribution in [0.3, 0.4) is 0 Å². The van der Waals surface area contributed by atoms with Gasteiger partial charge in [-0.2, -0.15) is 0 Å². The molecule has 2 rings (SSSR count). The van der Waals surface area contributed by atoms with Crippen molar-refractivity contribution in [1.29, 1.82) is 0 Å². The lowest BCUT2D eigenvalue weighted by Gasteiger charge is -2.39. The Morgan fingerprint density at radius 3 is 3.00 bits per heavy atom. The van der Waals surface area contributed by atoms with E-state index in [-0.39, 0.29) is 0 Å². The normalized spacial score (nSPS) is 24.8. The summed E-state index contributed by atoms with van der Waals surface area (Å²) in [5, 5.41) is 3.11. The van der Waals surface area contributed by atoms with Crippen LogP contribution >= 0.6 is 0 Å². The van der Waals surface area contributed by atoms with Gasteiger partial charge in [0.2, 0.25) is 0 Å². The molecule has 17 heavy (non-hydrogen) atoms. The van der Waals surface area contributed by atoms with Crippen molar-refractivity contribution in [3.05, 3.63) is 18.3 Å². The molecule has 1 saturated heterocycles. The fourth-order valence-corrected chi connectivity index (χ4v) is 2.61. The second-order valence-corrected chi connectivity index (χ2v) is 5.00. The minimum atomic E-state index is 0.643. The summed E-state index contributed by atoms with van der Waals surface area (Å²) < 4.78 is 0. The number of nitrogens with one attached hydrogen (secondary N) is 1. The van der Waals surface area contributed by atoms with E-state index in [2.05, 4.69) is 41.2 Å². The molecule has 94 valence electrons. The molecule has 1 aliphatic rings. The molecule has 1 N–H and O–H groups in total. The van der Waals surface area contributed by atoms with Crippen LogP contribution in [-0.2, 0) is 0 Å². The highest BCUT2D eigenvalue weighted by atomic mass is 15.2. The molecule has 0 bridgehead atoms. The molecule has 2 unspecified atom stereocenters. The maximum absolute atomic E-state index is 4.28. The molecule has 3 nitrogen and oxygen atoms in total. The smallest absolute Gasteiger partial charge is 0.127 e. The fourth-order valence-electron chi connectivity index (χ4n) is 2.61. The summed E-state index contributed by atoms with van der Waals surface area (Å²) in [7, 11) is 1.92. The van der Waals surface area contributed by atoms with Gasteiger partial charge >= 0.3 is 0 Å². The lowest BCUT2D eigenvalue weighted by molar-refractivity contribution is 0.359. The van der Waals surface area contributed by atoms with Crippen molar-refractivity contribution >= 4 is 11.5 Å². The highest BCUT2D eigenvalue weighted by Crippen LogP contribution is 2.29. The van der Waals surface area contributed by atoms with E-state index >= 15 is 0 Å². The Morgan fingerprint density at radius 2 is 2.29 bits per heavy atom. The number of rotatable bonds is 3. The maximum Gasteiger partial charge on any atom is 0.127 e. The average Bonchev–Trinajstić information content (AvgIpc) is 2.39. The zero-order chi connectivity index (χ0) is 12.3. The molecule has 1 fully saturated rings. The Balaban J connectivity index is 2.18. The molecule has 0 aliphatic carbocycles. The van der Waals surface area contributed by atoms with E-state index in [0.717, 1.165) is 11.7 Å². The van der Waals surface area contributed by atoms with Gasteiger partial charge in [0.1, 0.15) is 5.82 Å². The van der Waals surface area contributed by atoms with Crippen molar-refractivity contribution in [2.45, 2.75) is 39.2 Å². The third-order valence-electron chi connectivity index (χ3n) is 3.89. The predicted molar refractivity (Wildman–Crippen MR) is 73.6 cm³/mol. The summed E-state index contributed by atoms with van der Waals surface area (Å²) >= 11 is 0. The van der Waals surface area contributed by atoms with Crippen molar-refractivity contribution in [3.63, 3.8) is 0 Å². The van der Waals surface area contributed by atoms with Gasteiger partial charge in [0, 0.05) is 37.6 Å². The molecule has 0 aromatic carbocycles. The van der Waals surface area contributed by atoms with Gasteiger partial charge < -0.3 is 10.2 Å². The Bertz CT molecular complexity index is 364. The third-order valence-corrected chi connectivity index (χ3v) is 3.89. The van der Waals surface area contributed by atoms with Crippen molar-refractivity contribution in [1.82, 2.24) is 4.98 Å². The van der Waals surface area contributed by atoms with E-state index in [1.54, 1.807) is 0 Å². The zero-order valence-corrected chi connectivity index (χ0v) is 11.1. The van der Waals surface area contributed by atoms with Crippen molar-refractivity contribution < 1.29 is 0 Å². The van der Waals surface area contributed by atoms with Crippen LogP contribution in [-0.4, -0.2) is 24.6 Å². The molecule has 1 aromatic rings. The second-order valence-electron chi connectivity index (χ2n) is 5.00. The molecule has 0 amide bonds. The molecular formula is C14H23N3. The van der Waals surface area contributed by atoms with Gasteiger partial charge in [-0.15, -0.1) is 0 Å². The standard InChI is InChI=1S/C14H23N3/c1-4-12-6-5-11(2)17(10-12)13-7-8-16-14(9-13)15-3/h7-9,11-12H,4-6,10H2,1-3H3,(H,15,16). The highest BCUT2D eigenvalue weighted by Gasteiger charge is 2.24. The summed E-state index contributed by atoms with van der Waals surface area (Å²) in [5.74, 6) is 1.80. The van der Waals surface area contributed by atoms with Crippen LogP contribution < -0.4 is 10.2 Å². The highest BCUT2D eigenvalue weighted by molar-refractivity contribution is 5.54. The largest absolute Gasteiger partial charge is 0.373 e. The number of hydrogen-bond donors (Lipinski definition) is 1. The Hall–Kier alpha value is -1.25. The quantitative estimate of drug-likeness (QED) is 0.869. The monoisotopic (exact) mass is 233 g/mol.